The quantitative estimate of drug-likeness (QED) is 0.451. The number of nitrogens with one attached hydrogen (secondary N) is 1. The van der Waals surface area contributed by atoms with Gasteiger partial charge in [0, 0.05) is 17.0 Å². The molecule has 0 amide bonds. The van der Waals surface area contributed by atoms with Crippen LogP contribution in [0.25, 0.3) is 0 Å². The first kappa shape index (κ1) is 16.1. The molecule has 0 fully saturated rings. The molecule has 6 heteroatoms. The lowest BCUT2D eigenvalue weighted by atomic mass is 9.82. The fraction of sp³-hybridized carbons (Fsp3) is 0.250. The van der Waals surface area contributed by atoms with E-state index in [9.17, 15) is 0 Å². The van der Waals surface area contributed by atoms with E-state index in [1.54, 1.807) is 0 Å². The summed E-state index contributed by atoms with van der Waals surface area (Å²) in [5.74, 6) is 0.378. The van der Waals surface area contributed by atoms with E-state index in [1.807, 2.05) is 13.0 Å². The smallest absolute Gasteiger partial charge is 0.211 e. The molecule has 5 nitrogen and oxygen atoms in total. The number of rotatable bonds is 2. The van der Waals surface area contributed by atoms with Gasteiger partial charge in [-0.3, -0.25) is 0 Å². The molecular formula is C16H20ClN5. The largest absolute Gasteiger partial charge is 0.369 e. The number of nitrogens with zero attached hydrogens (tertiary/aromatic N) is 2. The van der Waals surface area contributed by atoms with Crippen molar-refractivity contribution in [2.24, 2.45) is 21.7 Å². The summed E-state index contributed by atoms with van der Waals surface area (Å²) in [6.07, 6.45) is 1.82. The molecule has 0 spiro atoms. The number of aryl methyl sites for hydroxylation is 1. The van der Waals surface area contributed by atoms with Crippen molar-refractivity contribution in [1.29, 1.82) is 0 Å². The van der Waals surface area contributed by atoms with Crippen LogP contribution in [0.4, 0.5) is 0 Å². The average Bonchev–Trinajstić information content (AvgIpc) is 2.85. The Hall–Kier alpha value is -2.27. The van der Waals surface area contributed by atoms with E-state index in [4.69, 9.17) is 11.5 Å². The van der Waals surface area contributed by atoms with Crippen molar-refractivity contribution in [3.05, 3.63) is 58.9 Å². The van der Waals surface area contributed by atoms with E-state index in [0.29, 0.717) is 5.92 Å². The van der Waals surface area contributed by atoms with Gasteiger partial charge in [-0.2, -0.15) is 5.10 Å². The number of benzene rings is 1. The summed E-state index contributed by atoms with van der Waals surface area (Å²) in [6.45, 7) is 2.05. The third-order valence-corrected chi connectivity index (χ3v) is 3.79. The lowest BCUT2D eigenvalue weighted by Gasteiger charge is -2.23. The summed E-state index contributed by atoms with van der Waals surface area (Å²) in [5.41, 5.74) is 16.5. The number of fused-ring (bicyclic) bond motifs is 1. The maximum Gasteiger partial charge on any atom is 0.211 e. The highest BCUT2D eigenvalue weighted by Gasteiger charge is 2.26. The number of aromatic nitrogens is 1. The van der Waals surface area contributed by atoms with Gasteiger partial charge in [-0.1, -0.05) is 30.3 Å². The van der Waals surface area contributed by atoms with E-state index in [1.165, 1.54) is 11.3 Å². The number of guanidine groups is 1. The summed E-state index contributed by atoms with van der Waals surface area (Å²) in [7, 11) is 0. The number of aromatic amines is 1. The minimum absolute atomic E-state index is 0. The minimum Gasteiger partial charge on any atom is -0.369 e. The molecule has 1 aromatic heterocycles. The van der Waals surface area contributed by atoms with Crippen LogP contribution >= 0.6 is 12.4 Å². The van der Waals surface area contributed by atoms with Gasteiger partial charge in [-0.25, -0.2) is 0 Å². The van der Waals surface area contributed by atoms with Crippen LogP contribution in [0.15, 0.2) is 46.6 Å². The van der Waals surface area contributed by atoms with Gasteiger partial charge >= 0.3 is 0 Å². The number of hydrogen-bond acceptors (Lipinski definition) is 2. The second kappa shape index (κ2) is 6.66. The Labute approximate surface area is 135 Å². The van der Waals surface area contributed by atoms with Crippen LogP contribution < -0.4 is 11.5 Å². The summed E-state index contributed by atoms with van der Waals surface area (Å²) >= 11 is 0. The third-order valence-electron chi connectivity index (χ3n) is 3.79. The molecule has 2 aromatic rings. The molecule has 5 N–H and O–H groups in total. The molecule has 0 bridgehead atoms. The van der Waals surface area contributed by atoms with Crippen LogP contribution in [-0.4, -0.2) is 16.7 Å². The second-order valence-corrected chi connectivity index (χ2v) is 5.43. The predicted octanol–water partition coefficient (Wildman–Crippen LogP) is 2.45. The van der Waals surface area contributed by atoms with E-state index in [-0.39, 0.29) is 18.4 Å². The maximum absolute atomic E-state index is 5.39. The predicted molar refractivity (Wildman–Crippen MR) is 92.6 cm³/mol. The molecule has 1 atom stereocenters. The Morgan fingerprint density at radius 3 is 2.59 bits per heavy atom. The van der Waals surface area contributed by atoms with Crippen molar-refractivity contribution < 1.29 is 0 Å². The molecule has 0 saturated carbocycles. The van der Waals surface area contributed by atoms with Crippen molar-refractivity contribution in [3.63, 3.8) is 0 Å². The van der Waals surface area contributed by atoms with Crippen LogP contribution in [0, 0.1) is 6.92 Å². The number of H-pyrrole nitrogens is 1. The molecule has 1 unspecified atom stereocenters. The zero-order chi connectivity index (χ0) is 14.8. The van der Waals surface area contributed by atoms with Gasteiger partial charge in [0.05, 0.1) is 5.71 Å². The molecule has 3 rings (SSSR count). The van der Waals surface area contributed by atoms with Crippen LogP contribution in [0.5, 0.6) is 0 Å². The first-order valence-electron chi connectivity index (χ1n) is 7.02. The zero-order valence-corrected chi connectivity index (χ0v) is 13.2. The monoisotopic (exact) mass is 317 g/mol. The van der Waals surface area contributed by atoms with Crippen LogP contribution in [0.2, 0.25) is 0 Å². The zero-order valence-electron chi connectivity index (χ0n) is 12.4. The fourth-order valence-electron chi connectivity index (χ4n) is 2.90. The van der Waals surface area contributed by atoms with Gasteiger partial charge in [-0.15, -0.1) is 17.5 Å². The van der Waals surface area contributed by atoms with Crippen LogP contribution in [-0.2, 0) is 6.42 Å². The Morgan fingerprint density at radius 1 is 1.18 bits per heavy atom. The summed E-state index contributed by atoms with van der Waals surface area (Å²) in [4.78, 5) is 3.42. The summed E-state index contributed by atoms with van der Waals surface area (Å²) in [6, 6.07) is 12.6. The lowest BCUT2D eigenvalue weighted by molar-refractivity contribution is 0.683. The first-order chi connectivity index (χ1) is 10.1. The van der Waals surface area contributed by atoms with Crippen LogP contribution in [0.1, 0.15) is 34.9 Å². The van der Waals surface area contributed by atoms with Crippen molar-refractivity contribution in [2.75, 3.05) is 0 Å². The van der Waals surface area contributed by atoms with Crippen LogP contribution in [0.3, 0.4) is 0 Å². The van der Waals surface area contributed by atoms with E-state index in [0.717, 1.165) is 29.8 Å². The number of halogens is 1. The fourth-order valence-corrected chi connectivity index (χ4v) is 2.90. The summed E-state index contributed by atoms with van der Waals surface area (Å²) < 4.78 is 0. The molecular weight excluding hydrogens is 298 g/mol. The van der Waals surface area contributed by atoms with E-state index in [2.05, 4.69) is 45.5 Å². The molecule has 1 aromatic carbocycles. The molecule has 1 aliphatic rings. The van der Waals surface area contributed by atoms with Crippen molar-refractivity contribution in [1.82, 2.24) is 4.98 Å². The minimum atomic E-state index is -0.0156. The highest BCUT2D eigenvalue weighted by molar-refractivity contribution is 6.03. The third kappa shape index (κ3) is 3.31. The Balaban J connectivity index is 0.00000176. The molecule has 1 heterocycles. The molecule has 116 valence electrons. The van der Waals surface area contributed by atoms with Gasteiger partial charge in [0.1, 0.15) is 0 Å². The van der Waals surface area contributed by atoms with Gasteiger partial charge in [0.2, 0.25) is 5.96 Å². The lowest BCUT2D eigenvalue weighted by Crippen LogP contribution is -2.23. The molecule has 1 aliphatic carbocycles. The van der Waals surface area contributed by atoms with Gasteiger partial charge in [0.15, 0.2) is 0 Å². The molecule has 0 saturated heterocycles. The highest BCUT2D eigenvalue weighted by Crippen LogP contribution is 2.33. The number of nitrogens with two attached hydrogens (primary N) is 2. The average molecular weight is 318 g/mol. The first-order valence-corrected chi connectivity index (χ1v) is 7.02. The summed E-state index contributed by atoms with van der Waals surface area (Å²) in [5, 5.41) is 8.08. The maximum atomic E-state index is 5.39. The number of hydrogen-bond donors (Lipinski definition) is 3. The van der Waals surface area contributed by atoms with E-state index < -0.39 is 0 Å². The standard InChI is InChI=1S/C16H19N5.ClH/c1-10-7-13-14(19-10)8-12(11-5-3-2-4-6-11)9-15(13)20-21-16(17)18;/h2-7,12,19H,8-9H2,1H3,(H4,17,18,21);1H/b20-15+;. The van der Waals surface area contributed by atoms with Crippen molar-refractivity contribution in [2.45, 2.75) is 25.7 Å². The second-order valence-electron chi connectivity index (χ2n) is 5.43. The van der Waals surface area contributed by atoms with Crippen molar-refractivity contribution in [3.8, 4) is 0 Å². The van der Waals surface area contributed by atoms with E-state index >= 15 is 0 Å². The Bertz CT molecular complexity index is 699. The molecule has 0 aliphatic heterocycles. The van der Waals surface area contributed by atoms with Gasteiger partial charge in [0.25, 0.3) is 0 Å². The van der Waals surface area contributed by atoms with Gasteiger partial charge < -0.3 is 16.5 Å². The van der Waals surface area contributed by atoms with Crippen molar-refractivity contribution >= 4 is 24.1 Å². The van der Waals surface area contributed by atoms with Gasteiger partial charge in [-0.05, 0) is 37.3 Å². The SMILES string of the molecule is Cc1cc2c([nH]1)CC(c1ccccc1)C/C2=N\N=C(N)N.Cl. The topological polar surface area (TPSA) is 92.5 Å². The Morgan fingerprint density at radius 2 is 1.91 bits per heavy atom. The highest BCUT2D eigenvalue weighted by atomic mass is 35.5. The molecule has 0 radical (unpaired) electrons. The molecule has 22 heavy (non-hydrogen) atoms. The Kier molecular flexibility index (Phi) is 4.88. The normalized spacial score (nSPS) is 18.4.